The molecular weight excluding hydrogens is 356 g/mol. The molecule has 0 aliphatic carbocycles. The van der Waals surface area contributed by atoms with Crippen LogP contribution < -0.4 is 0 Å². The molecule has 4 unspecified atom stereocenters. The molecule has 4 atom stereocenters. The number of piperazine rings is 2. The van der Waals surface area contributed by atoms with Gasteiger partial charge in [-0.1, -0.05) is 60.7 Å². The summed E-state index contributed by atoms with van der Waals surface area (Å²) in [7, 11) is 0. The third kappa shape index (κ3) is 2.89. The monoisotopic (exact) mass is 390 g/mol. The normalized spacial score (nSPS) is 36.7. The first-order valence-corrected chi connectivity index (χ1v) is 11.6. The SMILES string of the molecule is c1ccc(C[N+]23CCCN4CC[N+]5(Cc6ccccc6)CCN(CC2)C5C43)cc1. The fraction of sp³-hybridized carbons (Fsp3) is 0.520. The molecular formula is C25H34N4+2. The molecule has 4 heteroatoms. The van der Waals surface area contributed by atoms with Gasteiger partial charge in [0.05, 0.1) is 45.8 Å². The predicted octanol–water partition coefficient (Wildman–Crippen LogP) is 2.72. The van der Waals surface area contributed by atoms with Crippen LogP contribution in [0.25, 0.3) is 0 Å². The van der Waals surface area contributed by atoms with E-state index in [2.05, 4.69) is 70.5 Å². The summed E-state index contributed by atoms with van der Waals surface area (Å²) >= 11 is 0. The number of benzene rings is 2. The second kappa shape index (κ2) is 6.92. The first-order chi connectivity index (χ1) is 14.3. The van der Waals surface area contributed by atoms with Crippen molar-refractivity contribution in [1.29, 1.82) is 0 Å². The topological polar surface area (TPSA) is 6.48 Å². The molecule has 2 aromatic rings. The van der Waals surface area contributed by atoms with Gasteiger partial charge in [0.2, 0.25) is 12.3 Å². The molecule has 0 aromatic heterocycles. The van der Waals surface area contributed by atoms with E-state index in [1.807, 2.05) is 0 Å². The summed E-state index contributed by atoms with van der Waals surface area (Å²) in [5.74, 6) is 0. The van der Waals surface area contributed by atoms with E-state index in [0.717, 1.165) is 0 Å². The first-order valence-electron chi connectivity index (χ1n) is 11.6. The van der Waals surface area contributed by atoms with E-state index in [0.29, 0.717) is 12.3 Å². The van der Waals surface area contributed by atoms with Crippen molar-refractivity contribution >= 4 is 0 Å². The molecule has 4 fully saturated rings. The Kier molecular flexibility index (Phi) is 4.31. The molecule has 0 N–H and O–H groups in total. The van der Waals surface area contributed by atoms with Gasteiger partial charge in [0.25, 0.3) is 0 Å². The fourth-order valence-electron chi connectivity index (χ4n) is 7.11. The number of quaternary nitrogens is 2. The molecule has 0 saturated carbocycles. The Balaban J connectivity index is 1.38. The highest BCUT2D eigenvalue weighted by atomic mass is 15.7. The second-order valence-corrected chi connectivity index (χ2v) is 9.87. The summed E-state index contributed by atoms with van der Waals surface area (Å²) in [4.78, 5) is 5.75. The Morgan fingerprint density at radius 1 is 0.586 bits per heavy atom. The van der Waals surface area contributed by atoms with Crippen molar-refractivity contribution < 1.29 is 8.97 Å². The molecule has 0 spiro atoms. The number of rotatable bonds is 4. The van der Waals surface area contributed by atoms with E-state index in [4.69, 9.17) is 0 Å². The third-order valence-electron chi connectivity index (χ3n) is 8.36. The van der Waals surface area contributed by atoms with Crippen LogP contribution in [-0.4, -0.2) is 83.5 Å². The lowest BCUT2D eigenvalue weighted by Gasteiger charge is -2.62. The maximum atomic E-state index is 2.88. The van der Waals surface area contributed by atoms with Crippen LogP contribution in [0.1, 0.15) is 17.5 Å². The van der Waals surface area contributed by atoms with Gasteiger partial charge in [-0.25, -0.2) is 9.80 Å². The van der Waals surface area contributed by atoms with Gasteiger partial charge in [-0.2, -0.15) is 0 Å². The highest BCUT2D eigenvalue weighted by Crippen LogP contribution is 2.44. The first kappa shape index (κ1) is 18.1. The largest absolute Gasteiger partial charge is 0.297 e. The van der Waals surface area contributed by atoms with E-state index in [-0.39, 0.29) is 0 Å². The Labute approximate surface area is 175 Å². The van der Waals surface area contributed by atoms with Crippen LogP contribution in [0.5, 0.6) is 0 Å². The van der Waals surface area contributed by atoms with Crippen molar-refractivity contribution in [2.24, 2.45) is 0 Å². The zero-order valence-corrected chi connectivity index (χ0v) is 17.5. The second-order valence-electron chi connectivity index (χ2n) is 9.87. The van der Waals surface area contributed by atoms with Gasteiger partial charge in [-0.15, -0.1) is 0 Å². The minimum absolute atomic E-state index is 0.665. The maximum absolute atomic E-state index is 2.88. The maximum Gasteiger partial charge on any atom is 0.214 e. The van der Waals surface area contributed by atoms with Gasteiger partial charge in [0.1, 0.15) is 13.1 Å². The molecule has 4 aliphatic heterocycles. The van der Waals surface area contributed by atoms with E-state index in [1.54, 1.807) is 0 Å². The summed E-state index contributed by atoms with van der Waals surface area (Å²) < 4.78 is 2.58. The quantitative estimate of drug-likeness (QED) is 0.741. The van der Waals surface area contributed by atoms with Crippen LogP contribution in [0.4, 0.5) is 0 Å². The number of nitrogens with zero attached hydrogens (tertiary/aromatic N) is 4. The third-order valence-corrected chi connectivity index (χ3v) is 8.36. The lowest BCUT2D eigenvalue weighted by Crippen LogP contribution is -2.83. The highest BCUT2D eigenvalue weighted by molar-refractivity contribution is 5.15. The van der Waals surface area contributed by atoms with Crippen LogP contribution in [0.2, 0.25) is 0 Å². The average Bonchev–Trinajstić information content (AvgIpc) is 3.13. The van der Waals surface area contributed by atoms with Crippen molar-refractivity contribution in [3.8, 4) is 0 Å². The van der Waals surface area contributed by atoms with Crippen LogP contribution in [-0.2, 0) is 13.1 Å². The zero-order valence-electron chi connectivity index (χ0n) is 17.5. The molecule has 0 amide bonds. The Hall–Kier alpha value is -1.72. The van der Waals surface area contributed by atoms with Gasteiger partial charge in [0, 0.05) is 24.1 Å². The van der Waals surface area contributed by atoms with Gasteiger partial charge in [0.15, 0.2) is 0 Å². The fourth-order valence-corrected chi connectivity index (χ4v) is 7.11. The van der Waals surface area contributed by atoms with E-state index >= 15 is 0 Å². The van der Waals surface area contributed by atoms with E-state index in [9.17, 15) is 0 Å². The summed E-state index contributed by atoms with van der Waals surface area (Å²) in [5.41, 5.74) is 3.04. The van der Waals surface area contributed by atoms with Gasteiger partial charge >= 0.3 is 0 Å². The molecule has 2 aromatic carbocycles. The molecule has 4 saturated heterocycles. The molecule has 0 bridgehead atoms. The molecule has 4 heterocycles. The van der Waals surface area contributed by atoms with Crippen molar-refractivity contribution in [3.05, 3.63) is 71.8 Å². The van der Waals surface area contributed by atoms with E-state index in [1.165, 1.54) is 92.0 Å². The molecule has 152 valence electrons. The van der Waals surface area contributed by atoms with Crippen LogP contribution in [0.3, 0.4) is 0 Å². The van der Waals surface area contributed by atoms with Crippen molar-refractivity contribution in [2.75, 3.05) is 52.4 Å². The van der Waals surface area contributed by atoms with Crippen molar-refractivity contribution in [3.63, 3.8) is 0 Å². The van der Waals surface area contributed by atoms with E-state index < -0.39 is 0 Å². The van der Waals surface area contributed by atoms with Crippen molar-refractivity contribution in [1.82, 2.24) is 9.80 Å². The Morgan fingerprint density at radius 2 is 1.03 bits per heavy atom. The summed E-state index contributed by atoms with van der Waals surface area (Å²) in [5, 5.41) is 0. The standard InChI is InChI=1S/C25H34N4/c1-3-8-22(9-4-1)20-28-16-7-12-26-13-18-29(21-23-10-5-2-6-11-23)19-15-27(14-17-28)25(29)24(26)28/h1-6,8-11,24-25H,7,12-21H2/q+2. The van der Waals surface area contributed by atoms with Gasteiger partial charge in [-0.3, -0.25) is 8.97 Å². The number of hydrogen-bond donors (Lipinski definition) is 0. The Bertz CT molecular complexity index is 856. The smallest absolute Gasteiger partial charge is 0.214 e. The molecule has 0 radical (unpaired) electrons. The van der Waals surface area contributed by atoms with Crippen molar-refractivity contribution in [2.45, 2.75) is 31.8 Å². The van der Waals surface area contributed by atoms with Gasteiger partial charge in [-0.05, 0) is 0 Å². The number of hydrogen-bond acceptors (Lipinski definition) is 2. The summed E-state index contributed by atoms with van der Waals surface area (Å²) in [6.45, 7) is 12.9. The lowest BCUT2D eigenvalue weighted by atomic mass is 9.97. The van der Waals surface area contributed by atoms with Crippen LogP contribution in [0, 0.1) is 0 Å². The Morgan fingerprint density at radius 3 is 1.55 bits per heavy atom. The molecule has 29 heavy (non-hydrogen) atoms. The predicted molar refractivity (Wildman–Crippen MR) is 116 cm³/mol. The molecule has 6 rings (SSSR count). The molecule has 4 nitrogen and oxygen atoms in total. The zero-order chi connectivity index (χ0) is 19.3. The highest BCUT2D eigenvalue weighted by Gasteiger charge is 2.65. The van der Waals surface area contributed by atoms with Crippen LogP contribution in [0.15, 0.2) is 60.7 Å². The van der Waals surface area contributed by atoms with Gasteiger partial charge < -0.3 is 0 Å². The molecule has 4 aliphatic rings. The minimum Gasteiger partial charge on any atom is -0.297 e. The average molecular weight is 391 g/mol. The summed E-state index contributed by atoms with van der Waals surface area (Å²) in [6, 6.07) is 22.6. The van der Waals surface area contributed by atoms with Crippen LogP contribution >= 0.6 is 0 Å². The minimum atomic E-state index is 0.665. The summed E-state index contributed by atoms with van der Waals surface area (Å²) in [6.07, 6.45) is 2.69. The lowest BCUT2D eigenvalue weighted by molar-refractivity contribution is -1.05.